The second-order valence-electron chi connectivity index (χ2n) is 5.85. The molecule has 3 rings (SSSR count). The maximum atomic E-state index is 10.9. The molecule has 3 N–H and O–H groups in total. The lowest BCUT2D eigenvalue weighted by molar-refractivity contribution is 0.249. The van der Waals surface area contributed by atoms with Crippen LogP contribution in [0.25, 0.3) is 5.69 Å². The number of nitrogens with one attached hydrogen (secondary N) is 1. The molecule has 0 bridgehead atoms. The molecule has 0 atom stereocenters. The van der Waals surface area contributed by atoms with Gasteiger partial charge in [-0.2, -0.15) is 10.2 Å². The molecule has 1 aromatic heterocycles. The van der Waals surface area contributed by atoms with Crippen LogP contribution in [-0.4, -0.2) is 35.1 Å². The first-order chi connectivity index (χ1) is 11.7. The third-order valence-electron chi connectivity index (χ3n) is 4.11. The number of carbonyl (C=O) groups excluding carboxylic acids is 1. The molecule has 1 aliphatic rings. The van der Waals surface area contributed by atoms with E-state index in [1.54, 1.807) is 6.21 Å². The van der Waals surface area contributed by atoms with E-state index in [-0.39, 0.29) is 0 Å². The first-order valence-electron chi connectivity index (χ1n) is 8.15. The maximum Gasteiger partial charge on any atom is 0.332 e. The number of aryl methyl sites for hydroxylation is 1. The van der Waals surface area contributed by atoms with Crippen molar-refractivity contribution < 1.29 is 4.79 Å². The molecule has 7 heteroatoms. The molecule has 2 amide bonds. The number of hydrogen-bond donors (Lipinski definition) is 2. The molecule has 1 aromatic carbocycles. The number of aromatic nitrogens is 2. The van der Waals surface area contributed by atoms with Crippen LogP contribution in [0.2, 0.25) is 0 Å². The van der Waals surface area contributed by atoms with Gasteiger partial charge in [0.05, 0.1) is 23.2 Å². The zero-order valence-electron chi connectivity index (χ0n) is 13.8. The first kappa shape index (κ1) is 16.0. The summed E-state index contributed by atoms with van der Waals surface area (Å²) in [5, 5.41) is 8.63. The van der Waals surface area contributed by atoms with Crippen LogP contribution in [0.3, 0.4) is 0 Å². The molecule has 1 fully saturated rings. The second kappa shape index (κ2) is 7.16. The molecule has 0 radical (unpaired) electrons. The van der Waals surface area contributed by atoms with Crippen LogP contribution >= 0.6 is 0 Å². The summed E-state index contributed by atoms with van der Waals surface area (Å²) in [6.45, 7) is 3.92. The smallest absolute Gasteiger partial charge is 0.332 e. The van der Waals surface area contributed by atoms with Crippen LogP contribution in [-0.2, 0) is 0 Å². The Bertz CT molecular complexity index is 731. The number of anilines is 1. The van der Waals surface area contributed by atoms with Crippen molar-refractivity contribution in [2.24, 2.45) is 10.8 Å². The Morgan fingerprint density at radius 1 is 1.25 bits per heavy atom. The molecule has 0 saturated carbocycles. The fourth-order valence-electron chi connectivity index (χ4n) is 3.00. The summed E-state index contributed by atoms with van der Waals surface area (Å²) in [4.78, 5) is 13.2. The topological polar surface area (TPSA) is 88.5 Å². The van der Waals surface area contributed by atoms with Gasteiger partial charge in [-0.3, -0.25) is 0 Å². The van der Waals surface area contributed by atoms with E-state index < -0.39 is 6.03 Å². The third-order valence-corrected chi connectivity index (χ3v) is 4.11. The molecule has 0 spiro atoms. The number of nitrogens with zero attached hydrogens (tertiary/aromatic N) is 4. The van der Waals surface area contributed by atoms with E-state index in [2.05, 4.69) is 15.4 Å². The summed E-state index contributed by atoms with van der Waals surface area (Å²) in [6.07, 6.45) is 5.20. The molecule has 0 unspecified atom stereocenters. The van der Waals surface area contributed by atoms with Gasteiger partial charge in [-0.15, -0.1) is 0 Å². The van der Waals surface area contributed by atoms with Crippen molar-refractivity contribution in [2.45, 2.75) is 26.2 Å². The van der Waals surface area contributed by atoms with Crippen LogP contribution in [0, 0.1) is 6.92 Å². The second-order valence-corrected chi connectivity index (χ2v) is 5.85. The Morgan fingerprint density at radius 3 is 2.62 bits per heavy atom. The van der Waals surface area contributed by atoms with E-state index in [1.165, 1.54) is 6.42 Å². The molecule has 126 valence electrons. The largest absolute Gasteiger partial charge is 0.356 e. The minimum absolute atomic E-state index is 0.682. The predicted octanol–water partition coefficient (Wildman–Crippen LogP) is 2.17. The molecule has 0 aliphatic carbocycles. The van der Waals surface area contributed by atoms with E-state index in [0.717, 1.165) is 48.7 Å². The molecule has 1 aliphatic heterocycles. The minimum Gasteiger partial charge on any atom is -0.356 e. The Hall–Kier alpha value is -2.83. The van der Waals surface area contributed by atoms with Gasteiger partial charge in [0, 0.05) is 13.1 Å². The van der Waals surface area contributed by atoms with E-state index in [0.29, 0.717) is 0 Å². The van der Waals surface area contributed by atoms with Gasteiger partial charge in [-0.05, 0) is 38.3 Å². The van der Waals surface area contributed by atoms with Crippen LogP contribution in [0.1, 0.15) is 30.5 Å². The summed E-state index contributed by atoms with van der Waals surface area (Å²) in [7, 11) is 0. The van der Waals surface area contributed by atoms with Crippen LogP contribution < -0.4 is 16.1 Å². The predicted molar refractivity (Wildman–Crippen MR) is 94.7 cm³/mol. The van der Waals surface area contributed by atoms with E-state index in [9.17, 15) is 4.79 Å². The number of hydrazone groups is 1. The quantitative estimate of drug-likeness (QED) is 0.666. The van der Waals surface area contributed by atoms with Gasteiger partial charge in [-0.1, -0.05) is 18.2 Å². The Kier molecular flexibility index (Phi) is 4.79. The Morgan fingerprint density at radius 2 is 1.96 bits per heavy atom. The number of urea groups is 1. The standard InChI is InChI=1S/C17H22N6O/c1-13-15(12-19-20-17(18)24)16(22-10-6-3-7-11-22)23(21-13)14-8-4-2-5-9-14/h2,4-5,8-9,12H,3,6-7,10-11H2,1H3,(H3,18,20,24). The van der Waals surface area contributed by atoms with Gasteiger partial charge in [-0.25, -0.2) is 14.9 Å². The summed E-state index contributed by atoms with van der Waals surface area (Å²) < 4.78 is 1.95. The SMILES string of the molecule is Cc1nn(-c2ccccc2)c(N2CCCCC2)c1C=NNC(N)=O. The molecular formula is C17H22N6O. The monoisotopic (exact) mass is 326 g/mol. The van der Waals surface area contributed by atoms with Crippen molar-refractivity contribution in [3.8, 4) is 5.69 Å². The maximum absolute atomic E-state index is 10.9. The number of hydrogen-bond acceptors (Lipinski definition) is 4. The van der Waals surface area contributed by atoms with Gasteiger partial charge in [0.1, 0.15) is 5.82 Å². The van der Waals surface area contributed by atoms with E-state index in [4.69, 9.17) is 10.8 Å². The average molecular weight is 326 g/mol. The number of carbonyl (C=O) groups is 1. The van der Waals surface area contributed by atoms with Gasteiger partial charge in [0.2, 0.25) is 0 Å². The number of benzene rings is 1. The highest BCUT2D eigenvalue weighted by molar-refractivity contribution is 5.89. The normalized spacial score (nSPS) is 15.0. The zero-order chi connectivity index (χ0) is 16.9. The summed E-state index contributed by atoms with van der Waals surface area (Å²) in [6, 6.07) is 9.35. The summed E-state index contributed by atoms with van der Waals surface area (Å²) in [5.41, 5.74) is 10.1. The van der Waals surface area contributed by atoms with Crippen LogP contribution in [0.5, 0.6) is 0 Å². The number of nitrogens with two attached hydrogens (primary N) is 1. The first-order valence-corrected chi connectivity index (χ1v) is 8.15. The fourth-order valence-corrected chi connectivity index (χ4v) is 3.00. The average Bonchev–Trinajstić information content (AvgIpc) is 2.93. The highest BCUT2D eigenvalue weighted by atomic mass is 16.2. The van der Waals surface area contributed by atoms with E-state index in [1.807, 2.05) is 41.9 Å². The number of rotatable bonds is 4. The van der Waals surface area contributed by atoms with Crippen molar-refractivity contribution in [1.29, 1.82) is 0 Å². The van der Waals surface area contributed by atoms with E-state index >= 15 is 0 Å². The molecule has 2 heterocycles. The molecular weight excluding hydrogens is 304 g/mol. The summed E-state index contributed by atoms with van der Waals surface area (Å²) in [5.74, 6) is 1.01. The molecule has 24 heavy (non-hydrogen) atoms. The highest BCUT2D eigenvalue weighted by Gasteiger charge is 2.22. The van der Waals surface area contributed by atoms with Gasteiger partial charge in [0.15, 0.2) is 0 Å². The van der Waals surface area contributed by atoms with Crippen molar-refractivity contribution in [3.05, 3.63) is 41.6 Å². The number of para-hydroxylation sites is 1. The zero-order valence-corrected chi connectivity index (χ0v) is 13.8. The Labute approximate surface area is 141 Å². The lowest BCUT2D eigenvalue weighted by Crippen LogP contribution is -2.32. The Balaban J connectivity index is 2.05. The van der Waals surface area contributed by atoms with Crippen LogP contribution in [0.15, 0.2) is 35.4 Å². The molecule has 2 aromatic rings. The highest BCUT2D eigenvalue weighted by Crippen LogP contribution is 2.28. The van der Waals surface area contributed by atoms with Gasteiger partial charge in [0.25, 0.3) is 0 Å². The lowest BCUT2D eigenvalue weighted by Gasteiger charge is -2.29. The van der Waals surface area contributed by atoms with Crippen molar-refractivity contribution in [2.75, 3.05) is 18.0 Å². The van der Waals surface area contributed by atoms with Crippen molar-refractivity contribution >= 4 is 18.1 Å². The summed E-state index contributed by atoms with van der Waals surface area (Å²) >= 11 is 0. The van der Waals surface area contributed by atoms with Crippen molar-refractivity contribution in [3.63, 3.8) is 0 Å². The van der Waals surface area contributed by atoms with Crippen molar-refractivity contribution in [1.82, 2.24) is 15.2 Å². The molecule has 7 nitrogen and oxygen atoms in total. The number of amides is 2. The molecule has 1 saturated heterocycles. The lowest BCUT2D eigenvalue weighted by atomic mass is 10.1. The number of primary amides is 1. The van der Waals surface area contributed by atoms with Crippen LogP contribution in [0.4, 0.5) is 10.6 Å². The fraction of sp³-hybridized carbons (Fsp3) is 0.353. The number of piperidine rings is 1. The van der Waals surface area contributed by atoms with Gasteiger partial charge < -0.3 is 10.6 Å². The third kappa shape index (κ3) is 3.40. The minimum atomic E-state index is -0.682. The van der Waals surface area contributed by atoms with Gasteiger partial charge >= 0.3 is 6.03 Å².